The Hall–Kier alpha value is -1.64. The second-order valence-electron chi connectivity index (χ2n) is 10.4. The highest BCUT2D eigenvalue weighted by molar-refractivity contribution is 5.87. The molecule has 1 unspecified atom stereocenters. The summed E-state index contributed by atoms with van der Waals surface area (Å²) in [6, 6.07) is 0. The van der Waals surface area contributed by atoms with Gasteiger partial charge in [0.1, 0.15) is 11.6 Å². The molecule has 4 aliphatic carbocycles. The molecule has 7 atom stereocenters. The van der Waals surface area contributed by atoms with E-state index in [9.17, 15) is 9.59 Å². The van der Waals surface area contributed by atoms with Gasteiger partial charge in [-0.25, -0.2) is 0 Å². The smallest absolute Gasteiger partial charge is 0.142 e. The van der Waals surface area contributed by atoms with Crippen molar-refractivity contribution >= 4 is 11.6 Å². The fourth-order valence-corrected chi connectivity index (χ4v) is 8.00. The third-order valence-electron chi connectivity index (χ3n) is 9.49. The monoisotopic (exact) mass is 379 g/mol. The van der Waals surface area contributed by atoms with Crippen molar-refractivity contribution in [2.45, 2.75) is 65.2 Å². The van der Waals surface area contributed by atoms with Crippen LogP contribution in [0.1, 0.15) is 65.2 Å². The summed E-state index contributed by atoms with van der Waals surface area (Å²) in [5.74, 6) is 3.29. The Kier molecular flexibility index (Phi) is 4.23. The number of hydrogen-bond acceptors (Lipinski definition) is 3. The molecule has 3 heteroatoms. The Morgan fingerprint density at radius 2 is 1.75 bits per heavy atom. The van der Waals surface area contributed by atoms with E-state index in [-0.39, 0.29) is 16.7 Å². The van der Waals surface area contributed by atoms with E-state index in [1.165, 1.54) is 12.8 Å². The van der Waals surface area contributed by atoms with Crippen molar-refractivity contribution < 1.29 is 9.59 Å². The van der Waals surface area contributed by atoms with Crippen LogP contribution in [0.4, 0.5) is 0 Å². The van der Waals surface area contributed by atoms with Crippen LogP contribution < -0.4 is 5.32 Å². The average Bonchev–Trinajstić information content (AvgIpc) is 2.86. The molecule has 1 N–H and O–H groups in total. The molecule has 0 radical (unpaired) electrons. The van der Waals surface area contributed by atoms with Gasteiger partial charge in [-0.15, -0.1) is 0 Å². The Bertz CT molecular complexity index is 792. The molecule has 5 aliphatic rings. The quantitative estimate of drug-likeness (QED) is 0.701. The molecule has 0 spiro atoms. The molecule has 3 nitrogen and oxygen atoms in total. The van der Waals surface area contributed by atoms with Gasteiger partial charge in [0, 0.05) is 30.2 Å². The Morgan fingerprint density at radius 1 is 0.893 bits per heavy atom. The predicted octanol–water partition coefficient (Wildman–Crippen LogP) is 4.95. The third kappa shape index (κ3) is 2.47. The number of nitrogens with one attached hydrogen (secondary N) is 1. The lowest BCUT2D eigenvalue weighted by molar-refractivity contribution is -0.150. The van der Waals surface area contributed by atoms with Gasteiger partial charge in [0.2, 0.25) is 0 Å². The summed E-state index contributed by atoms with van der Waals surface area (Å²) in [5, 5.41) is 3.41. The highest BCUT2D eigenvalue weighted by Crippen LogP contribution is 2.66. The topological polar surface area (TPSA) is 46.2 Å². The number of hydrogen-bond donors (Lipinski definition) is 1. The fraction of sp³-hybridized carbons (Fsp3) is 0.680. The van der Waals surface area contributed by atoms with Gasteiger partial charge in [0.05, 0.1) is 5.92 Å². The molecular weight excluding hydrogens is 346 g/mol. The van der Waals surface area contributed by atoms with Crippen LogP contribution in [0.5, 0.6) is 0 Å². The second-order valence-corrected chi connectivity index (χ2v) is 10.4. The first kappa shape index (κ1) is 18.4. The molecule has 5 rings (SSSR count). The van der Waals surface area contributed by atoms with Crippen LogP contribution >= 0.6 is 0 Å². The van der Waals surface area contributed by atoms with Crippen molar-refractivity contribution in [2.75, 3.05) is 0 Å². The first-order valence-electron chi connectivity index (χ1n) is 11.3. The van der Waals surface area contributed by atoms with Crippen LogP contribution in [0.15, 0.2) is 36.2 Å². The summed E-state index contributed by atoms with van der Waals surface area (Å²) < 4.78 is 0. The van der Waals surface area contributed by atoms with Gasteiger partial charge >= 0.3 is 0 Å². The SMILES string of the molecule is C[C@]12CCC(=O)C(C3=CC=CC=CN3)[C@@H]1CC[C@@H]1[C@@H]2CC[C@]2(C)C(=O)CC[C@@H]12. The fourth-order valence-electron chi connectivity index (χ4n) is 8.00. The van der Waals surface area contributed by atoms with Gasteiger partial charge in [-0.05, 0) is 79.8 Å². The van der Waals surface area contributed by atoms with Gasteiger partial charge in [0.15, 0.2) is 0 Å². The molecular formula is C25H33NO2. The van der Waals surface area contributed by atoms with E-state index in [1.807, 2.05) is 24.4 Å². The predicted molar refractivity (Wildman–Crippen MR) is 110 cm³/mol. The van der Waals surface area contributed by atoms with Crippen molar-refractivity contribution in [1.82, 2.24) is 5.32 Å². The average molecular weight is 380 g/mol. The summed E-state index contributed by atoms with van der Waals surface area (Å²) in [6.45, 7) is 4.74. The minimum Gasteiger partial charge on any atom is -0.364 e. The zero-order chi connectivity index (χ0) is 19.5. The second kappa shape index (κ2) is 6.43. The summed E-state index contributed by atoms with van der Waals surface area (Å²) in [4.78, 5) is 25.7. The zero-order valence-electron chi connectivity index (χ0n) is 17.2. The summed E-state index contributed by atoms with van der Waals surface area (Å²) in [5.41, 5.74) is 1.24. The van der Waals surface area contributed by atoms with Crippen molar-refractivity contribution in [3.05, 3.63) is 36.2 Å². The van der Waals surface area contributed by atoms with E-state index < -0.39 is 0 Å². The Balaban J connectivity index is 1.48. The van der Waals surface area contributed by atoms with Crippen LogP contribution in [0.25, 0.3) is 0 Å². The van der Waals surface area contributed by atoms with Gasteiger partial charge in [-0.3, -0.25) is 9.59 Å². The molecule has 0 aromatic rings. The maximum Gasteiger partial charge on any atom is 0.142 e. The largest absolute Gasteiger partial charge is 0.364 e. The van der Waals surface area contributed by atoms with Gasteiger partial charge in [-0.2, -0.15) is 0 Å². The van der Waals surface area contributed by atoms with Gasteiger partial charge in [-0.1, -0.05) is 26.0 Å². The maximum absolute atomic E-state index is 13.1. The highest BCUT2D eigenvalue weighted by atomic mass is 16.1. The molecule has 1 heterocycles. The first-order valence-corrected chi connectivity index (χ1v) is 11.3. The molecule has 4 fully saturated rings. The van der Waals surface area contributed by atoms with E-state index in [2.05, 4.69) is 25.2 Å². The minimum absolute atomic E-state index is 0.00520. The Morgan fingerprint density at radius 3 is 2.61 bits per heavy atom. The number of carbonyl (C=O) groups excluding carboxylic acids is 2. The van der Waals surface area contributed by atoms with E-state index in [4.69, 9.17) is 0 Å². The van der Waals surface area contributed by atoms with Gasteiger partial charge < -0.3 is 5.32 Å². The van der Waals surface area contributed by atoms with Crippen molar-refractivity contribution in [1.29, 1.82) is 0 Å². The van der Waals surface area contributed by atoms with E-state index in [0.717, 1.165) is 37.8 Å². The number of allylic oxidation sites excluding steroid dienone is 5. The number of ketones is 2. The van der Waals surface area contributed by atoms with E-state index >= 15 is 0 Å². The van der Waals surface area contributed by atoms with E-state index in [1.54, 1.807) is 0 Å². The molecule has 0 aromatic carbocycles. The van der Waals surface area contributed by atoms with Crippen LogP contribution in [-0.4, -0.2) is 11.6 Å². The van der Waals surface area contributed by atoms with Gasteiger partial charge in [0.25, 0.3) is 0 Å². The third-order valence-corrected chi connectivity index (χ3v) is 9.49. The molecule has 1 aliphatic heterocycles. The normalized spacial score (nSPS) is 47.5. The number of Topliss-reactive ketones (excluding diaryl/α,β-unsaturated/α-hetero) is 2. The maximum atomic E-state index is 13.1. The molecule has 28 heavy (non-hydrogen) atoms. The summed E-state index contributed by atoms with van der Waals surface area (Å²) >= 11 is 0. The summed E-state index contributed by atoms with van der Waals surface area (Å²) in [7, 11) is 0. The van der Waals surface area contributed by atoms with Crippen LogP contribution in [-0.2, 0) is 9.59 Å². The molecule has 0 saturated heterocycles. The number of carbonyl (C=O) groups is 2. The highest BCUT2D eigenvalue weighted by Gasteiger charge is 2.62. The number of rotatable bonds is 1. The van der Waals surface area contributed by atoms with Crippen LogP contribution in [0.3, 0.4) is 0 Å². The van der Waals surface area contributed by atoms with Crippen LogP contribution in [0.2, 0.25) is 0 Å². The lowest BCUT2D eigenvalue weighted by Crippen LogP contribution is -2.56. The Labute approximate surface area is 168 Å². The van der Waals surface area contributed by atoms with Crippen molar-refractivity contribution in [3.63, 3.8) is 0 Å². The van der Waals surface area contributed by atoms with Crippen molar-refractivity contribution in [3.8, 4) is 0 Å². The molecule has 0 aromatic heterocycles. The molecule has 0 amide bonds. The number of fused-ring (bicyclic) bond motifs is 5. The molecule has 150 valence electrons. The molecule has 0 bridgehead atoms. The first-order chi connectivity index (χ1) is 13.4. The molecule has 4 saturated carbocycles. The lowest BCUT2D eigenvalue weighted by atomic mass is 9.43. The minimum atomic E-state index is -0.0603. The van der Waals surface area contributed by atoms with E-state index in [0.29, 0.717) is 41.7 Å². The lowest BCUT2D eigenvalue weighted by Gasteiger charge is -2.60. The zero-order valence-corrected chi connectivity index (χ0v) is 17.2. The van der Waals surface area contributed by atoms with Crippen LogP contribution in [0, 0.1) is 40.4 Å². The summed E-state index contributed by atoms with van der Waals surface area (Å²) in [6.07, 6.45) is 18.3. The standard InChI is InChI=1S/C25H33NO2/c1-24-14-12-21(27)23(20-6-4-3-5-15-26-20)19(24)8-7-16-17-9-10-22(28)25(17,2)13-11-18(16)24/h3-6,15-19,23,26H,7-14H2,1-2H3/t16-,17-,18-,19-,23?,24+,25-/m0/s1. The van der Waals surface area contributed by atoms with Crippen molar-refractivity contribution in [2.24, 2.45) is 40.4 Å².